The van der Waals surface area contributed by atoms with Gasteiger partial charge in [0.15, 0.2) is 0 Å². The zero-order valence-electron chi connectivity index (χ0n) is 16.1. The van der Waals surface area contributed by atoms with Gasteiger partial charge in [-0.15, -0.1) is 0 Å². The topological polar surface area (TPSA) is 56.1 Å². The van der Waals surface area contributed by atoms with Crippen LogP contribution < -0.4 is 5.32 Å². The smallest absolute Gasteiger partial charge is 0.255 e. The van der Waals surface area contributed by atoms with Crippen molar-refractivity contribution in [3.05, 3.63) is 101 Å². The molecule has 0 radical (unpaired) electrons. The van der Waals surface area contributed by atoms with E-state index in [1.54, 1.807) is 12.1 Å². The van der Waals surface area contributed by atoms with Crippen LogP contribution >= 0.6 is 0 Å². The lowest BCUT2D eigenvalue weighted by molar-refractivity contribution is 0.102. The molecule has 3 rings (SSSR count). The Morgan fingerprint density at radius 2 is 1.79 bits per heavy atom. The molecule has 1 N–H and O–H groups in total. The van der Waals surface area contributed by atoms with Crippen LogP contribution in [0.1, 0.15) is 40.0 Å². The summed E-state index contributed by atoms with van der Waals surface area (Å²) in [7, 11) is 2.05. The van der Waals surface area contributed by atoms with Crippen molar-refractivity contribution >= 4 is 11.6 Å². The van der Waals surface area contributed by atoms with Gasteiger partial charge in [-0.25, -0.2) is 0 Å². The molecule has 0 aromatic heterocycles. The van der Waals surface area contributed by atoms with Crippen molar-refractivity contribution in [1.82, 2.24) is 4.90 Å². The Bertz CT molecular complexity index is 992. The van der Waals surface area contributed by atoms with Gasteiger partial charge in [0.2, 0.25) is 0 Å². The average molecular weight is 369 g/mol. The molecule has 0 bridgehead atoms. The van der Waals surface area contributed by atoms with Gasteiger partial charge in [-0.1, -0.05) is 42.5 Å². The lowest BCUT2D eigenvalue weighted by Gasteiger charge is -2.25. The Hall–Kier alpha value is -3.42. The molecule has 0 saturated heterocycles. The van der Waals surface area contributed by atoms with E-state index in [4.69, 9.17) is 5.26 Å². The zero-order chi connectivity index (χ0) is 19.9. The van der Waals surface area contributed by atoms with E-state index in [-0.39, 0.29) is 11.9 Å². The van der Waals surface area contributed by atoms with E-state index in [2.05, 4.69) is 36.3 Å². The lowest BCUT2D eigenvalue weighted by Crippen LogP contribution is -2.22. The highest BCUT2D eigenvalue weighted by molar-refractivity contribution is 6.04. The Morgan fingerprint density at radius 1 is 1.04 bits per heavy atom. The van der Waals surface area contributed by atoms with Gasteiger partial charge in [-0.2, -0.15) is 5.26 Å². The quantitative estimate of drug-likeness (QED) is 0.665. The molecule has 0 saturated carbocycles. The molecule has 3 aromatic carbocycles. The molecule has 0 aliphatic carbocycles. The van der Waals surface area contributed by atoms with E-state index < -0.39 is 0 Å². The van der Waals surface area contributed by atoms with Crippen LogP contribution in [0.25, 0.3) is 0 Å². The molecule has 1 atom stereocenters. The highest BCUT2D eigenvalue weighted by Gasteiger charge is 2.14. The Kier molecular flexibility index (Phi) is 6.21. The van der Waals surface area contributed by atoms with E-state index in [0.29, 0.717) is 11.1 Å². The fourth-order valence-electron chi connectivity index (χ4n) is 3.09. The van der Waals surface area contributed by atoms with Gasteiger partial charge in [0.25, 0.3) is 5.91 Å². The largest absolute Gasteiger partial charge is 0.322 e. The van der Waals surface area contributed by atoms with Gasteiger partial charge >= 0.3 is 0 Å². The minimum absolute atomic E-state index is 0.118. The number of nitrogens with zero attached hydrogens (tertiary/aromatic N) is 2. The lowest BCUT2D eigenvalue weighted by atomic mass is 10.0. The molecule has 3 aromatic rings. The number of hydrogen-bond donors (Lipinski definition) is 1. The van der Waals surface area contributed by atoms with Crippen LogP contribution in [0.4, 0.5) is 5.69 Å². The molecule has 0 spiro atoms. The number of carbonyl (C=O) groups excluding carboxylic acids is 1. The number of nitrogens with one attached hydrogen (secondary N) is 1. The number of benzene rings is 3. The van der Waals surface area contributed by atoms with Crippen molar-refractivity contribution in [2.24, 2.45) is 0 Å². The normalized spacial score (nSPS) is 11.6. The van der Waals surface area contributed by atoms with Crippen molar-refractivity contribution in [3.63, 3.8) is 0 Å². The number of amides is 1. The second-order valence-electron chi connectivity index (χ2n) is 6.85. The van der Waals surface area contributed by atoms with Gasteiger partial charge in [0, 0.05) is 23.8 Å². The van der Waals surface area contributed by atoms with Gasteiger partial charge < -0.3 is 5.32 Å². The summed E-state index contributed by atoms with van der Waals surface area (Å²) in [5.74, 6) is -0.118. The summed E-state index contributed by atoms with van der Waals surface area (Å²) in [6.45, 7) is 2.86. The summed E-state index contributed by atoms with van der Waals surface area (Å²) in [4.78, 5) is 14.6. The second kappa shape index (κ2) is 8.98. The number of rotatable bonds is 6. The van der Waals surface area contributed by atoms with Crippen LogP contribution in [0, 0.1) is 11.3 Å². The van der Waals surface area contributed by atoms with Crippen molar-refractivity contribution in [1.29, 1.82) is 5.26 Å². The molecule has 140 valence electrons. The first-order chi connectivity index (χ1) is 13.6. The summed E-state index contributed by atoms with van der Waals surface area (Å²) in [6.07, 6.45) is 0. The first-order valence-electron chi connectivity index (χ1n) is 9.22. The number of nitriles is 1. The predicted molar refractivity (Wildman–Crippen MR) is 112 cm³/mol. The summed E-state index contributed by atoms with van der Waals surface area (Å²) in [5, 5.41) is 12.0. The van der Waals surface area contributed by atoms with Crippen molar-refractivity contribution in [2.75, 3.05) is 12.4 Å². The van der Waals surface area contributed by atoms with E-state index in [0.717, 1.165) is 23.4 Å². The predicted octanol–water partition coefficient (Wildman–Crippen LogP) is 5.00. The van der Waals surface area contributed by atoms with Crippen LogP contribution in [0.15, 0.2) is 78.9 Å². The monoisotopic (exact) mass is 369 g/mol. The van der Waals surface area contributed by atoms with E-state index in [1.165, 1.54) is 0 Å². The highest BCUT2D eigenvalue weighted by Crippen LogP contribution is 2.24. The minimum atomic E-state index is -0.118. The maximum Gasteiger partial charge on any atom is 0.255 e. The van der Waals surface area contributed by atoms with E-state index >= 15 is 0 Å². The van der Waals surface area contributed by atoms with Crippen LogP contribution in [0.3, 0.4) is 0 Å². The first kappa shape index (κ1) is 19.3. The molecule has 0 aliphatic heterocycles. The second-order valence-corrected chi connectivity index (χ2v) is 6.85. The first-order valence-corrected chi connectivity index (χ1v) is 9.22. The van der Waals surface area contributed by atoms with Gasteiger partial charge in [0.1, 0.15) is 0 Å². The number of hydrogen-bond acceptors (Lipinski definition) is 3. The van der Waals surface area contributed by atoms with Gasteiger partial charge in [0.05, 0.1) is 11.6 Å². The molecule has 0 fully saturated rings. The van der Waals surface area contributed by atoms with Crippen LogP contribution in [0.5, 0.6) is 0 Å². The van der Waals surface area contributed by atoms with E-state index in [1.807, 2.05) is 60.7 Å². The molecule has 28 heavy (non-hydrogen) atoms. The standard InChI is InChI=1S/C24H23N3O/c1-18(27(2)17-20-9-6-8-19(14-20)16-25)22-12-7-13-23(15-22)26-24(28)21-10-4-3-5-11-21/h3-15,18H,17H2,1-2H3,(H,26,28). The molecular weight excluding hydrogens is 346 g/mol. The Labute approximate surface area is 166 Å². The van der Waals surface area contributed by atoms with Crippen LogP contribution in [-0.4, -0.2) is 17.9 Å². The van der Waals surface area contributed by atoms with E-state index in [9.17, 15) is 4.79 Å². The maximum absolute atomic E-state index is 12.4. The number of anilines is 1. The zero-order valence-corrected chi connectivity index (χ0v) is 16.1. The third kappa shape index (κ3) is 4.85. The number of carbonyl (C=O) groups is 1. The maximum atomic E-state index is 12.4. The molecule has 4 heteroatoms. The van der Waals surface area contributed by atoms with Gasteiger partial charge in [-0.3, -0.25) is 9.69 Å². The SMILES string of the molecule is CC(c1cccc(NC(=O)c2ccccc2)c1)N(C)Cc1cccc(C#N)c1. The summed E-state index contributed by atoms with van der Waals surface area (Å²) in [5.41, 5.74) is 4.30. The fourth-order valence-corrected chi connectivity index (χ4v) is 3.09. The minimum Gasteiger partial charge on any atom is -0.322 e. The average Bonchev–Trinajstić information content (AvgIpc) is 2.74. The molecule has 0 aliphatic rings. The van der Waals surface area contributed by atoms with Crippen LogP contribution in [-0.2, 0) is 6.54 Å². The highest BCUT2D eigenvalue weighted by atomic mass is 16.1. The third-order valence-corrected chi connectivity index (χ3v) is 4.81. The fraction of sp³-hybridized carbons (Fsp3) is 0.167. The molecular formula is C24H23N3O. The molecule has 1 amide bonds. The van der Waals surface area contributed by atoms with Crippen LogP contribution in [0.2, 0.25) is 0 Å². The van der Waals surface area contributed by atoms with Gasteiger partial charge in [-0.05, 0) is 61.5 Å². The van der Waals surface area contributed by atoms with Crippen molar-refractivity contribution in [3.8, 4) is 6.07 Å². The molecule has 4 nitrogen and oxygen atoms in total. The molecule has 1 unspecified atom stereocenters. The van der Waals surface area contributed by atoms with Crippen molar-refractivity contribution in [2.45, 2.75) is 19.5 Å². The Morgan fingerprint density at radius 3 is 2.54 bits per heavy atom. The summed E-state index contributed by atoms with van der Waals surface area (Å²) >= 11 is 0. The third-order valence-electron chi connectivity index (χ3n) is 4.81. The molecule has 0 heterocycles. The van der Waals surface area contributed by atoms with Crippen molar-refractivity contribution < 1.29 is 4.79 Å². The Balaban J connectivity index is 1.70. The summed E-state index contributed by atoms with van der Waals surface area (Å²) in [6, 6.07) is 27.1. The summed E-state index contributed by atoms with van der Waals surface area (Å²) < 4.78 is 0.